The van der Waals surface area contributed by atoms with Gasteiger partial charge in [0.1, 0.15) is 0 Å². The highest BCUT2D eigenvalue weighted by Crippen LogP contribution is 2.22. The number of carbonyl (C=O) groups excluding carboxylic acids is 1. The van der Waals surface area contributed by atoms with Gasteiger partial charge in [0.05, 0.1) is 0 Å². The van der Waals surface area contributed by atoms with Gasteiger partial charge < -0.3 is 10.1 Å². The van der Waals surface area contributed by atoms with Crippen molar-refractivity contribution in [1.82, 2.24) is 0 Å². The van der Waals surface area contributed by atoms with Crippen molar-refractivity contribution in [2.45, 2.75) is 13.8 Å². The highest BCUT2D eigenvalue weighted by Gasteiger charge is 2.09. The topological polar surface area (TPSA) is 38.3 Å². The lowest BCUT2D eigenvalue weighted by molar-refractivity contribution is -0.118. The molecule has 0 heterocycles. The highest BCUT2D eigenvalue weighted by atomic mass is 79.9. The van der Waals surface area contributed by atoms with Crippen LogP contribution in [0.4, 0.5) is 10.1 Å². The smallest absolute Gasteiger partial charge is 0.262 e. The van der Waals surface area contributed by atoms with Crippen LogP contribution in [0.25, 0.3) is 0 Å². The number of carbonyl (C=O) groups is 1. The number of rotatable bonds is 4. The van der Waals surface area contributed by atoms with Crippen molar-refractivity contribution in [1.29, 1.82) is 0 Å². The Kier molecular flexibility index (Phi) is 4.96. The number of hydrogen-bond acceptors (Lipinski definition) is 2. The lowest BCUT2D eigenvalue weighted by Crippen LogP contribution is -2.21. The summed E-state index contributed by atoms with van der Waals surface area (Å²) in [4.78, 5) is 11.9. The average molecular weight is 352 g/mol. The van der Waals surface area contributed by atoms with Crippen LogP contribution in [0.2, 0.25) is 0 Å². The summed E-state index contributed by atoms with van der Waals surface area (Å²) in [6, 6.07) is 10.1. The summed E-state index contributed by atoms with van der Waals surface area (Å²) >= 11 is 3.16. The van der Waals surface area contributed by atoms with Gasteiger partial charge in [-0.1, -0.05) is 28.1 Å². The van der Waals surface area contributed by atoms with Gasteiger partial charge in [-0.25, -0.2) is 4.39 Å². The van der Waals surface area contributed by atoms with E-state index < -0.39 is 5.82 Å². The van der Waals surface area contributed by atoms with Crippen molar-refractivity contribution in [3.8, 4) is 5.75 Å². The molecule has 0 saturated heterocycles. The number of ether oxygens (including phenoxy) is 1. The predicted octanol–water partition coefficient (Wildman–Crippen LogP) is 4.22. The molecule has 5 heteroatoms. The first-order valence-electron chi connectivity index (χ1n) is 6.41. The van der Waals surface area contributed by atoms with Crippen molar-refractivity contribution in [3.63, 3.8) is 0 Å². The van der Waals surface area contributed by atoms with E-state index in [2.05, 4.69) is 21.2 Å². The molecule has 0 fully saturated rings. The van der Waals surface area contributed by atoms with Crippen molar-refractivity contribution in [2.75, 3.05) is 11.9 Å². The molecule has 110 valence electrons. The molecule has 0 bridgehead atoms. The van der Waals surface area contributed by atoms with Gasteiger partial charge in [0.25, 0.3) is 5.91 Å². The van der Waals surface area contributed by atoms with E-state index in [4.69, 9.17) is 4.74 Å². The number of hydrogen-bond donors (Lipinski definition) is 1. The van der Waals surface area contributed by atoms with Gasteiger partial charge in [0.2, 0.25) is 0 Å². The number of amides is 1. The van der Waals surface area contributed by atoms with Crippen LogP contribution in [0, 0.1) is 19.7 Å². The van der Waals surface area contributed by atoms with Crippen molar-refractivity contribution in [3.05, 3.63) is 57.8 Å². The number of halogens is 2. The lowest BCUT2D eigenvalue weighted by Gasteiger charge is -2.11. The van der Waals surface area contributed by atoms with Gasteiger partial charge in [-0.3, -0.25) is 4.79 Å². The number of benzene rings is 2. The Morgan fingerprint density at radius 3 is 2.76 bits per heavy atom. The van der Waals surface area contributed by atoms with Gasteiger partial charge in [0, 0.05) is 10.2 Å². The van der Waals surface area contributed by atoms with Crippen LogP contribution >= 0.6 is 15.9 Å². The Morgan fingerprint density at radius 1 is 1.29 bits per heavy atom. The Morgan fingerprint density at radius 2 is 2.05 bits per heavy atom. The summed E-state index contributed by atoms with van der Waals surface area (Å²) in [6.07, 6.45) is 0. The second-order valence-corrected chi connectivity index (χ2v) is 5.57. The van der Waals surface area contributed by atoms with Crippen LogP contribution in [0.1, 0.15) is 11.1 Å². The van der Waals surface area contributed by atoms with Crippen LogP contribution in [-0.4, -0.2) is 12.5 Å². The summed E-state index contributed by atoms with van der Waals surface area (Å²) in [7, 11) is 0. The number of aryl methyl sites for hydroxylation is 1. The molecule has 1 N–H and O–H groups in total. The maximum absolute atomic E-state index is 13.6. The first-order valence-corrected chi connectivity index (χ1v) is 7.20. The fourth-order valence-electron chi connectivity index (χ4n) is 1.81. The fraction of sp³-hybridized carbons (Fsp3) is 0.188. The zero-order valence-corrected chi connectivity index (χ0v) is 13.3. The van der Waals surface area contributed by atoms with Crippen molar-refractivity contribution >= 4 is 27.5 Å². The van der Waals surface area contributed by atoms with Crippen molar-refractivity contribution < 1.29 is 13.9 Å². The third-order valence-electron chi connectivity index (χ3n) is 3.13. The number of anilines is 1. The van der Waals surface area contributed by atoms with Crippen LogP contribution in [0.15, 0.2) is 40.9 Å². The number of nitrogens with one attached hydrogen (secondary N) is 1. The summed E-state index contributed by atoms with van der Waals surface area (Å²) in [5.41, 5.74) is 2.83. The molecule has 0 spiro atoms. The normalized spacial score (nSPS) is 10.3. The van der Waals surface area contributed by atoms with Crippen LogP contribution in [0.3, 0.4) is 0 Å². The largest absolute Gasteiger partial charge is 0.481 e. The average Bonchev–Trinajstić information content (AvgIpc) is 2.43. The van der Waals surface area contributed by atoms with Gasteiger partial charge in [0.15, 0.2) is 18.2 Å². The van der Waals surface area contributed by atoms with Crippen molar-refractivity contribution in [2.24, 2.45) is 0 Å². The fourth-order valence-corrected chi connectivity index (χ4v) is 2.14. The Hall–Kier alpha value is -1.88. The summed E-state index contributed by atoms with van der Waals surface area (Å²) in [5.74, 6) is -0.788. The summed E-state index contributed by atoms with van der Waals surface area (Å²) in [5, 5.41) is 2.76. The second kappa shape index (κ2) is 6.72. The van der Waals surface area contributed by atoms with E-state index >= 15 is 0 Å². The van der Waals surface area contributed by atoms with Crippen LogP contribution in [-0.2, 0) is 4.79 Å². The molecule has 0 saturated carbocycles. The molecule has 2 aromatic carbocycles. The third-order valence-corrected chi connectivity index (χ3v) is 3.62. The standard InChI is InChI=1S/C16H15BrFNO2/c1-10-4-3-5-14(11(10)2)19-16(20)9-21-15-7-6-12(17)8-13(15)18/h3-8H,9H2,1-2H3,(H,19,20). The van der Waals surface area contributed by atoms with E-state index in [1.165, 1.54) is 12.1 Å². The van der Waals surface area contributed by atoms with Crippen LogP contribution in [0.5, 0.6) is 5.75 Å². The molecular formula is C16H15BrFNO2. The quantitative estimate of drug-likeness (QED) is 0.895. The highest BCUT2D eigenvalue weighted by molar-refractivity contribution is 9.10. The lowest BCUT2D eigenvalue weighted by atomic mass is 10.1. The van der Waals surface area contributed by atoms with E-state index in [0.717, 1.165) is 16.8 Å². The first-order chi connectivity index (χ1) is 9.97. The van der Waals surface area contributed by atoms with E-state index in [1.807, 2.05) is 32.0 Å². The monoisotopic (exact) mass is 351 g/mol. The molecule has 0 aliphatic heterocycles. The maximum atomic E-state index is 13.6. The van der Waals surface area contributed by atoms with Crippen LogP contribution < -0.4 is 10.1 Å². The predicted molar refractivity (Wildman–Crippen MR) is 84.1 cm³/mol. The molecule has 3 nitrogen and oxygen atoms in total. The minimum Gasteiger partial charge on any atom is -0.481 e. The second-order valence-electron chi connectivity index (χ2n) is 4.66. The minimum atomic E-state index is -0.510. The molecule has 0 unspecified atom stereocenters. The molecule has 21 heavy (non-hydrogen) atoms. The van der Waals surface area contributed by atoms with Gasteiger partial charge in [-0.05, 0) is 49.2 Å². The van der Waals surface area contributed by atoms with Gasteiger partial charge in [-0.2, -0.15) is 0 Å². The van der Waals surface area contributed by atoms with E-state index in [9.17, 15) is 9.18 Å². The Balaban J connectivity index is 1.97. The molecule has 0 aromatic heterocycles. The zero-order chi connectivity index (χ0) is 15.4. The Labute approximate surface area is 131 Å². The molecule has 2 aromatic rings. The third kappa shape index (κ3) is 4.04. The summed E-state index contributed by atoms with van der Waals surface area (Å²) < 4.78 is 19.4. The molecule has 0 aliphatic carbocycles. The summed E-state index contributed by atoms with van der Waals surface area (Å²) in [6.45, 7) is 3.66. The van der Waals surface area contributed by atoms with Gasteiger partial charge in [-0.15, -0.1) is 0 Å². The maximum Gasteiger partial charge on any atom is 0.262 e. The molecule has 0 aliphatic rings. The molecule has 0 atom stereocenters. The molecule has 2 rings (SSSR count). The van der Waals surface area contributed by atoms with E-state index in [0.29, 0.717) is 4.47 Å². The Bertz CT molecular complexity index is 673. The van der Waals surface area contributed by atoms with E-state index in [-0.39, 0.29) is 18.3 Å². The molecule has 0 radical (unpaired) electrons. The van der Waals surface area contributed by atoms with E-state index in [1.54, 1.807) is 6.07 Å². The minimum absolute atomic E-state index is 0.0503. The molecule has 1 amide bonds. The molecular weight excluding hydrogens is 337 g/mol. The zero-order valence-electron chi connectivity index (χ0n) is 11.7. The first kappa shape index (κ1) is 15.5. The SMILES string of the molecule is Cc1cccc(NC(=O)COc2ccc(Br)cc2F)c1C. The van der Waals surface area contributed by atoms with Gasteiger partial charge >= 0.3 is 0 Å².